The number of methoxy groups -OCH3 is 3. The van der Waals surface area contributed by atoms with Crippen LogP contribution in [0.15, 0.2) is 132 Å². The number of anilines is 2. The van der Waals surface area contributed by atoms with Gasteiger partial charge in [-0.3, -0.25) is 14.4 Å². The van der Waals surface area contributed by atoms with E-state index in [1.807, 2.05) is 66.7 Å². The van der Waals surface area contributed by atoms with Gasteiger partial charge in [-0.15, -0.1) is 11.8 Å². The van der Waals surface area contributed by atoms with Crippen molar-refractivity contribution in [2.24, 2.45) is 0 Å². The van der Waals surface area contributed by atoms with Crippen LogP contribution in [-0.4, -0.2) is 39.1 Å². The van der Waals surface area contributed by atoms with E-state index in [-0.39, 0.29) is 11.6 Å². The summed E-state index contributed by atoms with van der Waals surface area (Å²) in [5.74, 6) is 0.0827. The molecule has 0 bridgehead atoms. The fourth-order valence-corrected chi connectivity index (χ4v) is 6.24. The number of benzene rings is 5. The highest BCUT2D eigenvalue weighted by atomic mass is 127. The molecular weight excluding hydrogens is 765 g/mol. The van der Waals surface area contributed by atoms with Gasteiger partial charge in [-0.25, -0.2) is 0 Å². The summed E-state index contributed by atoms with van der Waals surface area (Å²) in [7, 11) is 4.51. The third-order valence-electron chi connectivity index (χ3n) is 7.38. The largest absolute Gasteiger partial charge is 0.496 e. The maximum absolute atomic E-state index is 13.7. The number of ether oxygens (including phenoxy) is 3. The van der Waals surface area contributed by atoms with Crippen molar-refractivity contribution >= 4 is 69.5 Å². The van der Waals surface area contributed by atoms with Crippen LogP contribution in [0.1, 0.15) is 26.7 Å². The fourth-order valence-electron chi connectivity index (χ4n) is 4.86. The summed E-state index contributed by atoms with van der Waals surface area (Å²) in [6.45, 7) is 0. The Morgan fingerprint density at radius 3 is 1.86 bits per heavy atom. The van der Waals surface area contributed by atoms with E-state index < -0.39 is 17.1 Å². The molecule has 0 spiro atoms. The lowest BCUT2D eigenvalue weighted by atomic mass is 10.1. The van der Waals surface area contributed by atoms with Gasteiger partial charge >= 0.3 is 0 Å². The van der Waals surface area contributed by atoms with Crippen LogP contribution in [0.4, 0.5) is 11.4 Å². The van der Waals surface area contributed by atoms with Crippen molar-refractivity contribution in [3.05, 3.63) is 147 Å². The molecule has 0 aliphatic heterocycles. The van der Waals surface area contributed by atoms with Gasteiger partial charge in [0.05, 0.1) is 21.3 Å². The van der Waals surface area contributed by atoms with E-state index in [9.17, 15) is 14.4 Å². The summed E-state index contributed by atoms with van der Waals surface area (Å²) in [5, 5.41) is 8.11. The smallest absolute Gasteiger partial charge is 0.272 e. The summed E-state index contributed by atoms with van der Waals surface area (Å²) in [6.07, 6.45) is 1.51. The number of hydrogen-bond donors (Lipinski definition) is 3. The Hall–Kier alpha value is -5.27. The number of carbonyl (C=O) groups excluding carboxylic acids is 3. The highest BCUT2D eigenvalue weighted by Gasteiger charge is 2.23. The molecule has 5 aromatic carbocycles. The van der Waals surface area contributed by atoms with Crippen LogP contribution in [0, 0.1) is 3.57 Å². The van der Waals surface area contributed by atoms with Gasteiger partial charge in [-0.1, -0.05) is 48.5 Å². The van der Waals surface area contributed by atoms with E-state index in [4.69, 9.17) is 14.2 Å². The molecule has 0 aliphatic carbocycles. The normalized spacial score (nSPS) is 11.6. The zero-order valence-electron chi connectivity index (χ0n) is 27.4. The van der Waals surface area contributed by atoms with Gasteiger partial charge in [0.15, 0.2) is 11.5 Å². The second-order valence-corrected chi connectivity index (χ2v) is 13.1. The molecule has 1 unspecified atom stereocenters. The Morgan fingerprint density at radius 1 is 0.680 bits per heavy atom. The zero-order valence-corrected chi connectivity index (χ0v) is 30.4. The molecule has 5 aromatic rings. The number of carbonyl (C=O) groups is 3. The van der Waals surface area contributed by atoms with Gasteiger partial charge in [0.25, 0.3) is 11.8 Å². The minimum absolute atomic E-state index is 0.0285. The minimum atomic E-state index is -0.564. The molecular formula is C39H34IN3O6S. The lowest BCUT2D eigenvalue weighted by Gasteiger charge is -2.18. The third-order valence-corrected chi connectivity index (χ3v) is 9.37. The second kappa shape index (κ2) is 17.4. The molecule has 50 heavy (non-hydrogen) atoms. The minimum Gasteiger partial charge on any atom is -0.496 e. The maximum Gasteiger partial charge on any atom is 0.272 e. The maximum atomic E-state index is 13.7. The Kier molecular flexibility index (Phi) is 12.5. The summed E-state index contributed by atoms with van der Waals surface area (Å²) in [4.78, 5) is 41.2. The lowest BCUT2D eigenvalue weighted by Crippen LogP contribution is -2.30. The first-order chi connectivity index (χ1) is 24.3. The van der Waals surface area contributed by atoms with Gasteiger partial charge in [-0.2, -0.15) is 0 Å². The zero-order chi connectivity index (χ0) is 35.5. The molecule has 3 N–H and O–H groups in total. The van der Waals surface area contributed by atoms with Gasteiger partial charge in [0, 0.05) is 37.0 Å². The average molecular weight is 800 g/mol. The molecule has 254 valence electrons. The van der Waals surface area contributed by atoms with Crippen LogP contribution < -0.4 is 30.2 Å². The Bertz CT molecular complexity index is 1970. The van der Waals surface area contributed by atoms with E-state index in [1.165, 1.54) is 39.2 Å². The number of halogens is 1. The first-order valence-electron chi connectivity index (χ1n) is 15.4. The molecule has 11 heteroatoms. The number of amides is 3. The molecule has 1 atom stereocenters. The van der Waals surface area contributed by atoms with Crippen molar-refractivity contribution < 1.29 is 28.6 Å². The van der Waals surface area contributed by atoms with Crippen LogP contribution >= 0.6 is 34.4 Å². The predicted molar refractivity (Wildman–Crippen MR) is 206 cm³/mol. The van der Waals surface area contributed by atoms with E-state index in [0.717, 1.165) is 14.0 Å². The van der Waals surface area contributed by atoms with Gasteiger partial charge in [0.2, 0.25) is 5.91 Å². The van der Waals surface area contributed by atoms with Gasteiger partial charge in [0.1, 0.15) is 16.7 Å². The molecule has 5 rings (SSSR count). The van der Waals surface area contributed by atoms with Gasteiger partial charge < -0.3 is 30.2 Å². The van der Waals surface area contributed by atoms with E-state index in [2.05, 4.69) is 38.5 Å². The standard InChI is InChI=1S/C39H34IN3O6S/c1-47-33-24-35(49-3)34(48-2)23-27(33)22-32(43-37(44)26-12-8-5-9-13-26)38(45)41-30-18-20-31(21-19-30)50-36(25-10-6-4-7-11-25)39(46)42-29-16-14-28(40)15-17-29/h4-24,36H,1-3H3,(H,41,45)(H,42,46)(H,43,44)/b32-22-. The monoisotopic (exact) mass is 799 g/mol. The average Bonchev–Trinajstić information content (AvgIpc) is 3.15. The SMILES string of the molecule is COc1cc(OC)c(OC)cc1/C=C(\NC(=O)c1ccccc1)C(=O)Nc1ccc(SC(C(=O)Nc2ccc(I)cc2)c2ccccc2)cc1. The molecule has 0 aliphatic rings. The Balaban J connectivity index is 1.38. The second-order valence-electron chi connectivity index (χ2n) is 10.7. The first-order valence-corrected chi connectivity index (χ1v) is 17.3. The summed E-state index contributed by atoms with van der Waals surface area (Å²) in [6, 6.07) is 36.2. The van der Waals surface area contributed by atoms with Crippen molar-refractivity contribution in [1.82, 2.24) is 5.32 Å². The molecule has 9 nitrogen and oxygen atoms in total. The predicted octanol–water partition coefficient (Wildman–Crippen LogP) is 8.20. The van der Waals surface area contributed by atoms with E-state index in [1.54, 1.807) is 54.6 Å². The first kappa shape index (κ1) is 36.0. The highest BCUT2D eigenvalue weighted by Crippen LogP contribution is 2.38. The lowest BCUT2D eigenvalue weighted by molar-refractivity contribution is -0.116. The molecule has 0 radical (unpaired) electrons. The molecule has 0 saturated carbocycles. The number of thioether (sulfide) groups is 1. The van der Waals surface area contributed by atoms with Crippen molar-refractivity contribution in [2.75, 3.05) is 32.0 Å². The summed E-state index contributed by atoms with van der Waals surface area (Å²) in [5.41, 5.74) is 2.88. The van der Waals surface area contributed by atoms with E-state index in [0.29, 0.717) is 39.8 Å². The molecule has 0 saturated heterocycles. The van der Waals surface area contributed by atoms with Crippen molar-refractivity contribution in [3.63, 3.8) is 0 Å². The van der Waals surface area contributed by atoms with Gasteiger partial charge in [-0.05, 0) is 101 Å². The highest BCUT2D eigenvalue weighted by molar-refractivity contribution is 14.1. The third kappa shape index (κ3) is 9.45. The van der Waals surface area contributed by atoms with E-state index >= 15 is 0 Å². The fraction of sp³-hybridized carbons (Fsp3) is 0.103. The molecule has 0 fully saturated rings. The quantitative estimate of drug-likeness (QED) is 0.0625. The summed E-state index contributed by atoms with van der Waals surface area (Å²) < 4.78 is 17.5. The van der Waals surface area contributed by atoms with Crippen molar-refractivity contribution in [2.45, 2.75) is 10.1 Å². The number of nitrogens with one attached hydrogen (secondary N) is 3. The molecule has 0 heterocycles. The molecule has 0 aromatic heterocycles. The summed E-state index contributed by atoms with van der Waals surface area (Å²) >= 11 is 3.62. The topological polar surface area (TPSA) is 115 Å². The van der Waals surface area contributed by atoms with Crippen LogP contribution in [0.3, 0.4) is 0 Å². The van der Waals surface area contributed by atoms with Crippen molar-refractivity contribution in [3.8, 4) is 17.2 Å². The molecule has 3 amide bonds. The Labute approximate surface area is 308 Å². The van der Waals surface area contributed by atoms with Crippen LogP contribution in [0.5, 0.6) is 17.2 Å². The number of rotatable bonds is 13. The Morgan fingerprint density at radius 2 is 1.24 bits per heavy atom. The van der Waals surface area contributed by atoms with Crippen LogP contribution in [0.25, 0.3) is 6.08 Å². The van der Waals surface area contributed by atoms with Crippen LogP contribution in [-0.2, 0) is 9.59 Å². The number of hydrogen-bond acceptors (Lipinski definition) is 7. The van der Waals surface area contributed by atoms with Crippen molar-refractivity contribution in [1.29, 1.82) is 0 Å². The van der Waals surface area contributed by atoms with Crippen LogP contribution in [0.2, 0.25) is 0 Å².